The van der Waals surface area contributed by atoms with Crippen LogP contribution in [-0.4, -0.2) is 18.0 Å². The highest BCUT2D eigenvalue weighted by Gasteiger charge is 2.42. The van der Waals surface area contributed by atoms with Crippen LogP contribution in [0.2, 0.25) is 0 Å². The zero-order valence-corrected chi connectivity index (χ0v) is 12.3. The van der Waals surface area contributed by atoms with Crippen molar-refractivity contribution in [3.05, 3.63) is 29.8 Å². The largest absolute Gasteiger partial charge is 0.382 e. The van der Waals surface area contributed by atoms with Gasteiger partial charge in [-0.2, -0.15) is 0 Å². The lowest BCUT2D eigenvalue weighted by atomic mass is 10.0. The van der Waals surface area contributed by atoms with Crippen LogP contribution in [0, 0.1) is 5.41 Å². The highest BCUT2D eigenvalue weighted by molar-refractivity contribution is 5.95. The van der Waals surface area contributed by atoms with Crippen molar-refractivity contribution >= 4 is 11.6 Å². The zero-order chi connectivity index (χ0) is 14.0. The molecule has 2 N–H and O–H groups in total. The van der Waals surface area contributed by atoms with Gasteiger partial charge in [-0.25, -0.2) is 0 Å². The number of carbonyl (C=O) groups excluding carboxylic acids is 1. The Balaban J connectivity index is 2.04. The molecule has 1 aliphatic rings. The fourth-order valence-electron chi connectivity index (χ4n) is 2.15. The third-order valence-corrected chi connectivity index (χ3v) is 4.01. The molecule has 0 heterocycles. The van der Waals surface area contributed by atoms with Gasteiger partial charge in [0.25, 0.3) is 5.91 Å². The highest BCUT2D eigenvalue weighted by atomic mass is 16.1. The van der Waals surface area contributed by atoms with Gasteiger partial charge in [-0.1, -0.05) is 13.0 Å². The number of anilines is 1. The average molecular weight is 260 g/mol. The van der Waals surface area contributed by atoms with Crippen molar-refractivity contribution in [2.45, 2.75) is 52.6 Å². The van der Waals surface area contributed by atoms with Gasteiger partial charge in [0.2, 0.25) is 0 Å². The number of nitrogens with one attached hydrogen (secondary N) is 2. The van der Waals surface area contributed by atoms with Crippen LogP contribution in [0.1, 0.15) is 50.9 Å². The van der Waals surface area contributed by atoms with Gasteiger partial charge in [0.15, 0.2) is 0 Å². The fraction of sp³-hybridized carbons (Fsp3) is 0.562. The second-order valence-electron chi connectivity index (χ2n) is 6.23. The Hall–Kier alpha value is -1.51. The van der Waals surface area contributed by atoms with Crippen LogP contribution in [0.3, 0.4) is 0 Å². The molecule has 0 radical (unpaired) electrons. The normalized spacial score (nSPS) is 17.9. The quantitative estimate of drug-likeness (QED) is 0.851. The summed E-state index contributed by atoms with van der Waals surface area (Å²) >= 11 is 0. The number of hydrogen-bond acceptors (Lipinski definition) is 2. The fourth-order valence-corrected chi connectivity index (χ4v) is 2.15. The smallest absolute Gasteiger partial charge is 0.251 e. The Morgan fingerprint density at radius 2 is 1.95 bits per heavy atom. The van der Waals surface area contributed by atoms with Crippen molar-refractivity contribution in [2.75, 3.05) is 5.32 Å². The van der Waals surface area contributed by atoms with E-state index >= 15 is 0 Å². The lowest BCUT2D eigenvalue weighted by Gasteiger charge is -2.22. The molecule has 0 bridgehead atoms. The first kappa shape index (κ1) is 13.9. The number of rotatable bonds is 5. The Morgan fingerprint density at radius 1 is 1.26 bits per heavy atom. The number of carbonyl (C=O) groups is 1. The zero-order valence-electron chi connectivity index (χ0n) is 12.3. The second-order valence-corrected chi connectivity index (χ2v) is 6.23. The summed E-state index contributed by atoms with van der Waals surface area (Å²) in [5.41, 5.74) is 2.17. The molecule has 0 aliphatic heterocycles. The minimum Gasteiger partial charge on any atom is -0.382 e. The molecule has 0 spiro atoms. The molecule has 3 nitrogen and oxygen atoms in total. The van der Waals surface area contributed by atoms with Crippen molar-refractivity contribution in [1.29, 1.82) is 0 Å². The minimum atomic E-state index is -0.0102. The maximum absolute atomic E-state index is 12.0. The maximum atomic E-state index is 12.0. The summed E-state index contributed by atoms with van der Waals surface area (Å²) in [5, 5.41) is 6.43. The van der Waals surface area contributed by atoms with Crippen LogP contribution >= 0.6 is 0 Å². The summed E-state index contributed by atoms with van der Waals surface area (Å²) in [6, 6.07) is 8.34. The summed E-state index contributed by atoms with van der Waals surface area (Å²) in [6.07, 6.45) is 2.57. The second kappa shape index (κ2) is 5.24. The molecular formula is C16H24N2O. The molecule has 2 rings (SSSR count). The van der Waals surface area contributed by atoms with E-state index in [1.165, 1.54) is 12.8 Å². The molecule has 1 aromatic rings. The van der Waals surface area contributed by atoms with Gasteiger partial charge in [0.05, 0.1) is 0 Å². The summed E-state index contributed by atoms with van der Waals surface area (Å²) in [4.78, 5) is 12.0. The number of amides is 1. The monoisotopic (exact) mass is 260 g/mol. The van der Waals surface area contributed by atoms with E-state index in [2.05, 4.69) is 24.5 Å². The van der Waals surface area contributed by atoms with Crippen LogP contribution in [0.25, 0.3) is 0 Å². The van der Waals surface area contributed by atoms with E-state index in [0.717, 1.165) is 5.69 Å². The molecular weight excluding hydrogens is 236 g/mol. The molecule has 19 heavy (non-hydrogen) atoms. The van der Waals surface area contributed by atoms with Crippen molar-refractivity contribution in [1.82, 2.24) is 5.32 Å². The number of hydrogen-bond donors (Lipinski definition) is 2. The molecule has 1 atom stereocenters. The Morgan fingerprint density at radius 3 is 2.53 bits per heavy atom. The van der Waals surface area contributed by atoms with Crippen molar-refractivity contribution in [3.8, 4) is 0 Å². The van der Waals surface area contributed by atoms with Crippen molar-refractivity contribution < 1.29 is 4.79 Å². The SMILES string of the molecule is CC(C)NC(=O)c1cccc(NC(C)C2(C)CC2)c1. The molecule has 104 valence electrons. The summed E-state index contributed by atoms with van der Waals surface area (Å²) in [6.45, 7) is 8.46. The predicted molar refractivity (Wildman–Crippen MR) is 79.5 cm³/mol. The van der Waals surface area contributed by atoms with E-state index in [-0.39, 0.29) is 11.9 Å². The molecule has 1 saturated carbocycles. The lowest BCUT2D eigenvalue weighted by Crippen LogP contribution is -2.30. The molecule has 0 saturated heterocycles. The third-order valence-electron chi connectivity index (χ3n) is 4.01. The molecule has 1 unspecified atom stereocenters. The standard InChI is InChI=1S/C16H24N2O/c1-11(2)17-15(19)13-6-5-7-14(10-13)18-12(3)16(4)8-9-16/h5-7,10-12,18H,8-9H2,1-4H3,(H,17,19). The summed E-state index contributed by atoms with van der Waals surface area (Å²) in [5.74, 6) is -0.0102. The molecule has 1 aliphatic carbocycles. The Kier molecular flexibility index (Phi) is 3.83. The summed E-state index contributed by atoms with van der Waals surface area (Å²) in [7, 11) is 0. The van der Waals surface area contributed by atoms with E-state index in [1.54, 1.807) is 0 Å². The molecule has 1 amide bonds. The molecule has 1 fully saturated rings. The van der Waals surface area contributed by atoms with Crippen molar-refractivity contribution in [2.24, 2.45) is 5.41 Å². The van der Waals surface area contributed by atoms with Gasteiger partial charge in [-0.05, 0) is 57.2 Å². The molecule has 0 aromatic heterocycles. The van der Waals surface area contributed by atoms with E-state index in [9.17, 15) is 4.79 Å². The van der Waals surface area contributed by atoms with Crippen LogP contribution in [0.15, 0.2) is 24.3 Å². The van der Waals surface area contributed by atoms with Gasteiger partial charge in [0, 0.05) is 23.3 Å². The van der Waals surface area contributed by atoms with Crippen LogP contribution in [0.5, 0.6) is 0 Å². The molecule has 1 aromatic carbocycles. The van der Waals surface area contributed by atoms with Crippen LogP contribution < -0.4 is 10.6 Å². The lowest BCUT2D eigenvalue weighted by molar-refractivity contribution is 0.0943. The van der Waals surface area contributed by atoms with Gasteiger partial charge in [-0.3, -0.25) is 4.79 Å². The first-order valence-corrected chi connectivity index (χ1v) is 7.08. The van der Waals surface area contributed by atoms with E-state index in [0.29, 0.717) is 17.0 Å². The first-order valence-electron chi connectivity index (χ1n) is 7.08. The number of benzene rings is 1. The predicted octanol–water partition coefficient (Wildman–Crippen LogP) is 3.43. The Bertz CT molecular complexity index is 464. The van der Waals surface area contributed by atoms with Gasteiger partial charge < -0.3 is 10.6 Å². The highest BCUT2D eigenvalue weighted by Crippen LogP contribution is 2.48. The van der Waals surface area contributed by atoms with Crippen molar-refractivity contribution in [3.63, 3.8) is 0 Å². The van der Waals surface area contributed by atoms with Crippen LogP contribution in [-0.2, 0) is 0 Å². The average Bonchev–Trinajstić information content (AvgIpc) is 3.08. The summed E-state index contributed by atoms with van der Waals surface area (Å²) < 4.78 is 0. The van der Waals surface area contributed by atoms with Gasteiger partial charge in [-0.15, -0.1) is 0 Å². The third kappa shape index (κ3) is 3.49. The van der Waals surface area contributed by atoms with E-state index in [4.69, 9.17) is 0 Å². The minimum absolute atomic E-state index is 0.0102. The van der Waals surface area contributed by atoms with E-state index in [1.807, 2.05) is 38.1 Å². The topological polar surface area (TPSA) is 41.1 Å². The Labute approximate surface area is 115 Å². The van der Waals surface area contributed by atoms with Gasteiger partial charge in [0.1, 0.15) is 0 Å². The van der Waals surface area contributed by atoms with Crippen LogP contribution in [0.4, 0.5) is 5.69 Å². The van der Waals surface area contributed by atoms with Gasteiger partial charge >= 0.3 is 0 Å². The first-order chi connectivity index (χ1) is 8.90. The maximum Gasteiger partial charge on any atom is 0.251 e. The molecule has 3 heteroatoms. The van der Waals surface area contributed by atoms with E-state index < -0.39 is 0 Å².